The van der Waals surface area contributed by atoms with Crippen LogP contribution in [-0.4, -0.2) is 22.6 Å². The predicted octanol–water partition coefficient (Wildman–Crippen LogP) is 2.48. The van der Waals surface area contributed by atoms with E-state index in [0.717, 1.165) is 5.69 Å². The van der Waals surface area contributed by atoms with E-state index in [1.165, 1.54) is 0 Å². The van der Waals surface area contributed by atoms with E-state index < -0.39 is 5.97 Å². The minimum atomic E-state index is -0.732. The second-order valence-corrected chi connectivity index (χ2v) is 5.05. The highest BCUT2D eigenvalue weighted by atomic mass is 16.4. The third-order valence-electron chi connectivity index (χ3n) is 2.91. The first kappa shape index (κ1) is 14.6. The van der Waals surface area contributed by atoms with Gasteiger partial charge in [-0.2, -0.15) is 0 Å². The van der Waals surface area contributed by atoms with Gasteiger partial charge in [-0.1, -0.05) is 19.9 Å². The summed E-state index contributed by atoms with van der Waals surface area (Å²) in [4.78, 5) is 15.4. The normalized spacial score (nSPS) is 14.4. The third-order valence-corrected chi connectivity index (χ3v) is 2.91. The van der Waals surface area contributed by atoms with Gasteiger partial charge in [0, 0.05) is 18.8 Å². The lowest BCUT2D eigenvalue weighted by atomic mass is 9.97. The van der Waals surface area contributed by atoms with Gasteiger partial charge in [-0.05, 0) is 31.4 Å². The number of aromatic nitrogens is 1. The van der Waals surface area contributed by atoms with Crippen LogP contribution in [0.3, 0.4) is 0 Å². The van der Waals surface area contributed by atoms with Gasteiger partial charge in [-0.15, -0.1) is 0 Å². The van der Waals surface area contributed by atoms with Crippen LogP contribution < -0.4 is 5.32 Å². The van der Waals surface area contributed by atoms with Crippen molar-refractivity contribution in [1.82, 2.24) is 10.3 Å². The van der Waals surface area contributed by atoms with E-state index in [4.69, 9.17) is 5.11 Å². The fourth-order valence-electron chi connectivity index (χ4n) is 1.90. The molecule has 1 aromatic rings. The SMILES string of the molecule is CC(C)CC(CNC(C)c1ccccn1)C(=O)O. The van der Waals surface area contributed by atoms with Crippen molar-refractivity contribution in [2.24, 2.45) is 11.8 Å². The van der Waals surface area contributed by atoms with Crippen molar-refractivity contribution in [3.05, 3.63) is 30.1 Å². The molecule has 4 heteroatoms. The predicted molar refractivity (Wildman–Crippen MR) is 71.2 cm³/mol. The van der Waals surface area contributed by atoms with Crippen LogP contribution >= 0.6 is 0 Å². The van der Waals surface area contributed by atoms with E-state index in [0.29, 0.717) is 18.9 Å². The van der Waals surface area contributed by atoms with Crippen molar-refractivity contribution in [3.8, 4) is 0 Å². The third kappa shape index (κ3) is 4.84. The lowest BCUT2D eigenvalue weighted by molar-refractivity contribution is -0.142. The highest BCUT2D eigenvalue weighted by Crippen LogP contribution is 2.14. The number of carbonyl (C=O) groups is 1. The summed E-state index contributed by atoms with van der Waals surface area (Å²) in [6.45, 7) is 6.55. The molecule has 18 heavy (non-hydrogen) atoms. The fourth-order valence-corrected chi connectivity index (χ4v) is 1.90. The molecule has 0 saturated heterocycles. The van der Waals surface area contributed by atoms with Gasteiger partial charge in [-0.3, -0.25) is 9.78 Å². The Balaban J connectivity index is 2.49. The molecule has 0 saturated carbocycles. The van der Waals surface area contributed by atoms with Crippen LogP contribution in [0.1, 0.15) is 38.9 Å². The second kappa shape index (κ2) is 7.11. The zero-order valence-electron chi connectivity index (χ0n) is 11.3. The molecule has 0 aliphatic carbocycles. The Morgan fingerprint density at radius 2 is 2.11 bits per heavy atom. The number of aliphatic carboxylic acids is 1. The summed E-state index contributed by atoms with van der Waals surface area (Å²) in [5.74, 6) is -0.682. The highest BCUT2D eigenvalue weighted by molar-refractivity contribution is 5.70. The molecule has 0 aromatic carbocycles. The molecular weight excluding hydrogens is 228 g/mol. The maximum Gasteiger partial charge on any atom is 0.307 e. The van der Waals surface area contributed by atoms with Crippen LogP contribution in [0.4, 0.5) is 0 Å². The molecule has 0 amide bonds. The monoisotopic (exact) mass is 250 g/mol. The Bertz CT molecular complexity index is 365. The largest absolute Gasteiger partial charge is 0.481 e. The molecule has 1 aromatic heterocycles. The van der Waals surface area contributed by atoms with E-state index in [-0.39, 0.29) is 12.0 Å². The Labute approximate surface area is 108 Å². The zero-order chi connectivity index (χ0) is 13.5. The molecule has 1 rings (SSSR count). The van der Waals surface area contributed by atoms with E-state index in [9.17, 15) is 4.79 Å². The summed E-state index contributed by atoms with van der Waals surface area (Å²) in [7, 11) is 0. The summed E-state index contributed by atoms with van der Waals surface area (Å²) >= 11 is 0. The Kier molecular flexibility index (Phi) is 5.78. The first-order valence-corrected chi connectivity index (χ1v) is 6.37. The summed E-state index contributed by atoms with van der Waals surface area (Å²) < 4.78 is 0. The number of carboxylic acids is 1. The zero-order valence-corrected chi connectivity index (χ0v) is 11.3. The van der Waals surface area contributed by atoms with Gasteiger partial charge in [0.25, 0.3) is 0 Å². The molecule has 2 N–H and O–H groups in total. The van der Waals surface area contributed by atoms with Crippen molar-refractivity contribution < 1.29 is 9.90 Å². The molecule has 0 fully saturated rings. The highest BCUT2D eigenvalue weighted by Gasteiger charge is 2.19. The van der Waals surface area contributed by atoms with Gasteiger partial charge in [-0.25, -0.2) is 0 Å². The Morgan fingerprint density at radius 1 is 1.39 bits per heavy atom. The first-order valence-electron chi connectivity index (χ1n) is 6.37. The second-order valence-electron chi connectivity index (χ2n) is 5.05. The van der Waals surface area contributed by atoms with Gasteiger partial charge in [0.15, 0.2) is 0 Å². The van der Waals surface area contributed by atoms with Gasteiger partial charge in [0.1, 0.15) is 0 Å². The molecule has 0 spiro atoms. The van der Waals surface area contributed by atoms with Crippen LogP contribution in [0.5, 0.6) is 0 Å². The number of hydrogen-bond donors (Lipinski definition) is 2. The number of carboxylic acid groups (broad SMARTS) is 1. The van der Waals surface area contributed by atoms with Crippen molar-refractivity contribution >= 4 is 5.97 Å². The molecule has 0 aliphatic heterocycles. The van der Waals surface area contributed by atoms with E-state index in [1.54, 1.807) is 6.20 Å². The molecule has 100 valence electrons. The minimum Gasteiger partial charge on any atom is -0.481 e. The maximum atomic E-state index is 11.1. The van der Waals surface area contributed by atoms with Crippen molar-refractivity contribution in [3.63, 3.8) is 0 Å². The van der Waals surface area contributed by atoms with Crippen LogP contribution in [0.25, 0.3) is 0 Å². The van der Waals surface area contributed by atoms with Gasteiger partial charge < -0.3 is 10.4 Å². The van der Waals surface area contributed by atoms with Crippen molar-refractivity contribution in [1.29, 1.82) is 0 Å². The lowest BCUT2D eigenvalue weighted by Gasteiger charge is -2.19. The quantitative estimate of drug-likeness (QED) is 0.780. The van der Waals surface area contributed by atoms with Gasteiger partial charge in [0.2, 0.25) is 0 Å². The first-order chi connectivity index (χ1) is 8.50. The molecule has 1 heterocycles. The van der Waals surface area contributed by atoms with E-state index in [2.05, 4.69) is 10.3 Å². The van der Waals surface area contributed by atoms with Crippen LogP contribution in [-0.2, 0) is 4.79 Å². The van der Waals surface area contributed by atoms with Crippen LogP contribution in [0.15, 0.2) is 24.4 Å². The molecule has 0 radical (unpaired) electrons. The Morgan fingerprint density at radius 3 is 2.61 bits per heavy atom. The summed E-state index contributed by atoms with van der Waals surface area (Å²) in [6.07, 6.45) is 2.44. The summed E-state index contributed by atoms with van der Waals surface area (Å²) in [5, 5.41) is 12.4. The smallest absolute Gasteiger partial charge is 0.307 e. The average molecular weight is 250 g/mol. The molecule has 0 bridgehead atoms. The molecular formula is C14H22N2O2. The van der Waals surface area contributed by atoms with Crippen molar-refractivity contribution in [2.75, 3.05) is 6.54 Å². The number of hydrogen-bond acceptors (Lipinski definition) is 3. The number of pyridine rings is 1. The van der Waals surface area contributed by atoms with E-state index >= 15 is 0 Å². The van der Waals surface area contributed by atoms with Crippen molar-refractivity contribution in [2.45, 2.75) is 33.2 Å². The topological polar surface area (TPSA) is 62.2 Å². The van der Waals surface area contributed by atoms with Crippen LogP contribution in [0.2, 0.25) is 0 Å². The molecule has 0 aliphatic rings. The summed E-state index contributed by atoms with van der Waals surface area (Å²) in [5.41, 5.74) is 0.936. The van der Waals surface area contributed by atoms with Gasteiger partial charge >= 0.3 is 5.97 Å². The lowest BCUT2D eigenvalue weighted by Crippen LogP contribution is -2.31. The molecule has 2 atom stereocenters. The Hall–Kier alpha value is -1.42. The number of rotatable bonds is 7. The standard InChI is InChI=1S/C14H22N2O2/c1-10(2)8-12(14(17)18)9-16-11(3)13-6-4-5-7-15-13/h4-7,10-12,16H,8-9H2,1-3H3,(H,17,18). The fraction of sp³-hybridized carbons (Fsp3) is 0.571. The molecule has 2 unspecified atom stereocenters. The van der Waals surface area contributed by atoms with Gasteiger partial charge in [0.05, 0.1) is 11.6 Å². The number of nitrogens with one attached hydrogen (secondary N) is 1. The summed E-state index contributed by atoms with van der Waals surface area (Å²) in [6, 6.07) is 5.81. The molecule has 4 nitrogen and oxygen atoms in total. The van der Waals surface area contributed by atoms with Crippen LogP contribution in [0, 0.1) is 11.8 Å². The maximum absolute atomic E-state index is 11.1. The number of nitrogens with zero attached hydrogens (tertiary/aromatic N) is 1. The van der Waals surface area contributed by atoms with E-state index in [1.807, 2.05) is 39.0 Å². The average Bonchev–Trinajstić information content (AvgIpc) is 2.34. The minimum absolute atomic E-state index is 0.0696.